The molecule has 1 unspecified atom stereocenters. The van der Waals surface area contributed by atoms with Gasteiger partial charge in [-0.25, -0.2) is 4.39 Å². The molecule has 2 heterocycles. The van der Waals surface area contributed by atoms with Crippen LogP contribution in [0.2, 0.25) is 0 Å². The van der Waals surface area contributed by atoms with Crippen LogP contribution in [-0.4, -0.2) is 36.2 Å². The highest BCUT2D eigenvalue weighted by Gasteiger charge is 2.42. The minimum Gasteiger partial charge on any atom is -0.381 e. The number of aromatic nitrogens is 1. The number of benzene rings is 1. The number of piperidine rings is 1. The lowest BCUT2D eigenvalue weighted by atomic mass is 9.94. The summed E-state index contributed by atoms with van der Waals surface area (Å²) in [7, 11) is 1.85. The van der Waals surface area contributed by atoms with Crippen molar-refractivity contribution in [2.45, 2.75) is 32.4 Å². The monoisotopic (exact) mass is 302 g/mol. The molecule has 2 fully saturated rings. The van der Waals surface area contributed by atoms with Crippen LogP contribution in [0.3, 0.4) is 0 Å². The van der Waals surface area contributed by atoms with Crippen molar-refractivity contribution >= 4 is 10.9 Å². The van der Waals surface area contributed by atoms with Crippen molar-refractivity contribution < 1.29 is 9.13 Å². The number of fused-ring (bicyclic) bond motifs is 3. The van der Waals surface area contributed by atoms with E-state index in [1.165, 1.54) is 30.2 Å². The number of H-pyrrole nitrogens is 1. The van der Waals surface area contributed by atoms with Crippen LogP contribution in [0.5, 0.6) is 0 Å². The summed E-state index contributed by atoms with van der Waals surface area (Å²) in [6.45, 7) is 5.23. The number of rotatable bonds is 3. The third-order valence-corrected chi connectivity index (χ3v) is 5.60. The second kappa shape index (κ2) is 5.36. The van der Waals surface area contributed by atoms with E-state index in [2.05, 4.69) is 16.8 Å². The van der Waals surface area contributed by atoms with E-state index >= 15 is 0 Å². The maximum absolute atomic E-state index is 13.4. The standard InChI is InChI=1S/C18H23FN2O/c1-11-15-7-14(19)5-6-16(15)20-17(11)10-21-8-12-3-4-13(9-21)18(12)22-2/h5-7,12-13,18,20H,3-4,8-10H2,1-2H3/t12-,13+,18?. The Morgan fingerprint density at radius 3 is 2.68 bits per heavy atom. The van der Waals surface area contributed by atoms with Gasteiger partial charge in [-0.2, -0.15) is 0 Å². The molecule has 1 N–H and O–H groups in total. The summed E-state index contributed by atoms with van der Waals surface area (Å²) in [6.07, 6.45) is 3.03. The van der Waals surface area contributed by atoms with E-state index in [0.717, 1.165) is 30.5 Å². The summed E-state index contributed by atoms with van der Waals surface area (Å²) in [5.41, 5.74) is 3.43. The van der Waals surface area contributed by atoms with Gasteiger partial charge in [0.15, 0.2) is 0 Å². The Bertz CT molecular complexity index is 682. The fraction of sp³-hybridized carbons (Fsp3) is 0.556. The smallest absolute Gasteiger partial charge is 0.123 e. The number of hydrogen-bond acceptors (Lipinski definition) is 2. The molecule has 1 saturated carbocycles. The van der Waals surface area contributed by atoms with Crippen LogP contribution in [-0.2, 0) is 11.3 Å². The summed E-state index contributed by atoms with van der Waals surface area (Å²) in [5, 5.41) is 1.00. The molecule has 4 rings (SSSR count). The number of aryl methyl sites for hydroxylation is 1. The molecule has 4 heteroatoms. The Labute approximate surface area is 130 Å². The number of ether oxygens (including phenoxy) is 1. The van der Waals surface area contributed by atoms with Crippen LogP contribution in [0.15, 0.2) is 18.2 Å². The Balaban J connectivity index is 1.56. The average molecular weight is 302 g/mol. The topological polar surface area (TPSA) is 28.3 Å². The zero-order valence-electron chi connectivity index (χ0n) is 13.2. The molecule has 22 heavy (non-hydrogen) atoms. The highest BCUT2D eigenvalue weighted by Crippen LogP contribution is 2.39. The zero-order valence-corrected chi connectivity index (χ0v) is 13.2. The van der Waals surface area contributed by atoms with Crippen LogP contribution in [0, 0.1) is 24.6 Å². The van der Waals surface area contributed by atoms with Crippen LogP contribution in [0.1, 0.15) is 24.1 Å². The fourth-order valence-corrected chi connectivity index (χ4v) is 4.52. The second-order valence-electron chi connectivity index (χ2n) is 6.91. The van der Waals surface area contributed by atoms with Crippen molar-refractivity contribution in [2.24, 2.45) is 11.8 Å². The zero-order chi connectivity index (χ0) is 15.3. The quantitative estimate of drug-likeness (QED) is 0.940. The third kappa shape index (κ3) is 2.25. The first-order chi connectivity index (χ1) is 10.7. The molecule has 1 aromatic heterocycles. The largest absolute Gasteiger partial charge is 0.381 e. The van der Waals surface area contributed by atoms with Gasteiger partial charge in [-0.05, 0) is 55.4 Å². The van der Waals surface area contributed by atoms with Crippen molar-refractivity contribution in [2.75, 3.05) is 20.2 Å². The number of methoxy groups -OCH3 is 1. The molecular formula is C18H23FN2O. The lowest BCUT2D eigenvalue weighted by molar-refractivity contribution is -0.0182. The highest BCUT2D eigenvalue weighted by atomic mass is 19.1. The van der Waals surface area contributed by atoms with Crippen molar-refractivity contribution in [1.29, 1.82) is 0 Å². The lowest BCUT2D eigenvalue weighted by Crippen LogP contribution is -2.45. The number of hydrogen-bond donors (Lipinski definition) is 1. The SMILES string of the molecule is COC1[C@@H]2CC[C@H]1CN(Cc1[nH]c3ccc(F)cc3c1C)C2. The molecule has 118 valence electrons. The molecule has 3 atom stereocenters. The van der Waals surface area contributed by atoms with E-state index in [9.17, 15) is 4.39 Å². The first-order valence-corrected chi connectivity index (χ1v) is 8.17. The maximum Gasteiger partial charge on any atom is 0.123 e. The number of nitrogens with one attached hydrogen (secondary N) is 1. The summed E-state index contributed by atoms with van der Waals surface area (Å²) < 4.78 is 19.1. The highest BCUT2D eigenvalue weighted by molar-refractivity contribution is 5.84. The minimum absolute atomic E-state index is 0.167. The van der Waals surface area contributed by atoms with Gasteiger partial charge in [-0.15, -0.1) is 0 Å². The molecule has 0 radical (unpaired) electrons. The first kappa shape index (κ1) is 14.2. The molecule has 0 amide bonds. The van der Waals surface area contributed by atoms with Crippen molar-refractivity contribution in [1.82, 2.24) is 9.88 Å². The maximum atomic E-state index is 13.4. The number of nitrogens with zero attached hydrogens (tertiary/aromatic N) is 1. The molecular weight excluding hydrogens is 279 g/mol. The van der Waals surface area contributed by atoms with E-state index in [4.69, 9.17) is 4.74 Å². The molecule has 2 aromatic rings. The normalized spacial score (nSPS) is 28.6. The van der Waals surface area contributed by atoms with Gasteiger partial charge >= 0.3 is 0 Å². The minimum atomic E-state index is -0.167. The van der Waals surface area contributed by atoms with Crippen LogP contribution in [0.25, 0.3) is 10.9 Å². The van der Waals surface area contributed by atoms with E-state index < -0.39 is 0 Å². The van der Waals surface area contributed by atoms with E-state index in [0.29, 0.717) is 17.9 Å². The van der Waals surface area contributed by atoms with E-state index in [1.54, 1.807) is 6.07 Å². The van der Waals surface area contributed by atoms with Gasteiger partial charge in [0.2, 0.25) is 0 Å². The van der Waals surface area contributed by atoms with Crippen LogP contribution < -0.4 is 0 Å². The lowest BCUT2D eigenvalue weighted by Gasteiger charge is -2.37. The molecule has 2 bridgehead atoms. The van der Waals surface area contributed by atoms with Crippen LogP contribution >= 0.6 is 0 Å². The number of aromatic amines is 1. The Hall–Kier alpha value is -1.39. The fourth-order valence-electron chi connectivity index (χ4n) is 4.52. The molecule has 1 aromatic carbocycles. The van der Waals surface area contributed by atoms with E-state index in [-0.39, 0.29) is 5.82 Å². The molecule has 3 nitrogen and oxygen atoms in total. The predicted molar refractivity (Wildman–Crippen MR) is 85.3 cm³/mol. The predicted octanol–water partition coefficient (Wildman–Crippen LogP) is 3.47. The van der Waals surface area contributed by atoms with E-state index in [1.807, 2.05) is 13.2 Å². The summed E-state index contributed by atoms with van der Waals surface area (Å²) >= 11 is 0. The molecule has 1 aliphatic heterocycles. The molecule has 0 spiro atoms. The average Bonchev–Trinajstić information content (AvgIpc) is 2.94. The Morgan fingerprint density at radius 1 is 1.27 bits per heavy atom. The van der Waals surface area contributed by atoms with Crippen molar-refractivity contribution in [3.63, 3.8) is 0 Å². The van der Waals surface area contributed by atoms with Gasteiger partial charge < -0.3 is 9.72 Å². The van der Waals surface area contributed by atoms with Crippen molar-refractivity contribution in [3.05, 3.63) is 35.3 Å². The van der Waals surface area contributed by atoms with Crippen LogP contribution in [0.4, 0.5) is 4.39 Å². The van der Waals surface area contributed by atoms with Gasteiger partial charge in [-0.3, -0.25) is 4.90 Å². The summed E-state index contributed by atoms with van der Waals surface area (Å²) in [4.78, 5) is 6.01. The molecule has 1 aliphatic carbocycles. The number of halogens is 1. The first-order valence-electron chi connectivity index (χ1n) is 8.17. The van der Waals surface area contributed by atoms with Gasteiger partial charge in [0.1, 0.15) is 5.82 Å². The molecule has 1 saturated heterocycles. The van der Waals surface area contributed by atoms with Gasteiger partial charge in [-0.1, -0.05) is 0 Å². The van der Waals surface area contributed by atoms with Crippen molar-refractivity contribution in [3.8, 4) is 0 Å². The third-order valence-electron chi connectivity index (χ3n) is 5.60. The second-order valence-corrected chi connectivity index (χ2v) is 6.91. The number of likely N-dealkylation sites (tertiary alicyclic amines) is 1. The summed E-state index contributed by atoms with van der Waals surface area (Å²) in [6, 6.07) is 4.99. The Kier molecular flexibility index (Phi) is 3.46. The van der Waals surface area contributed by atoms with Gasteiger partial charge in [0, 0.05) is 43.3 Å². The Morgan fingerprint density at radius 2 is 2.00 bits per heavy atom. The molecule has 2 aliphatic rings. The van der Waals surface area contributed by atoms with Gasteiger partial charge in [0.25, 0.3) is 0 Å². The van der Waals surface area contributed by atoms with Gasteiger partial charge in [0.05, 0.1) is 6.10 Å². The summed E-state index contributed by atoms with van der Waals surface area (Å²) in [5.74, 6) is 1.18.